The van der Waals surface area contributed by atoms with E-state index in [1.165, 1.54) is 36.4 Å². The van der Waals surface area contributed by atoms with Crippen molar-refractivity contribution in [2.75, 3.05) is 0 Å². The van der Waals surface area contributed by atoms with Crippen molar-refractivity contribution in [1.29, 1.82) is 0 Å². The molecule has 0 radical (unpaired) electrons. The van der Waals surface area contributed by atoms with Crippen molar-refractivity contribution < 1.29 is 23.0 Å². The highest BCUT2D eigenvalue weighted by Gasteiger charge is 2.17. The topological polar surface area (TPSA) is 142 Å². The summed E-state index contributed by atoms with van der Waals surface area (Å²) in [4.78, 5) is 10.2. The van der Waals surface area contributed by atoms with Crippen LogP contribution in [0, 0.1) is 17.0 Å². The lowest BCUT2D eigenvalue weighted by Gasteiger charge is -2.06. The predicted octanol–water partition coefficient (Wildman–Crippen LogP) is 4.42. The lowest BCUT2D eigenvalue weighted by atomic mass is 10.1. The Hall–Kier alpha value is -3.37. The highest BCUT2D eigenvalue weighted by Crippen LogP contribution is 2.39. The van der Waals surface area contributed by atoms with E-state index in [9.17, 15) is 28.2 Å². The molecule has 0 fully saturated rings. The molecule has 9 nitrogen and oxygen atoms in total. The average molecular weight is 387 g/mol. The molecule has 0 heterocycles. The molecule has 2 N–H and O–H groups in total. The van der Waals surface area contributed by atoms with E-state index in [0.29, 0.717) is 10.9 Å². The Balaban J connectivity index is 2.22. The second-order valence-corrected chi connectivity index (χ2v) is 7.11. The summed E-state index contributed by atoms with van der Waals surface area (Å²) in [6.45, 7) is 1.63. The molecule has 0 amide bonds. The molecule has 27 heavy (non-hydrogen) atoms. The van der Waals surface area contributed by atoms with Crippen molar-refractivity contribution in [3.8, 4) is 5.75 Å². The second-order valence-electron chi connectivity index (χ2n) is 5.69. The van der Waals surface area contributed by atoms with Crippen molar-refractivity contribution >= 4 is 38.0 Å². The maximum absolute atomic E-state index is 11.4. The Morgan fingerprint density at radius 3 is 2.37 bits per heavy atom. The number of nitro groups is 1. The van der Waals surface area contributed by atoms with Crippen LogP contribution in [0.1, 0.15) is 5.56 Å². The Bertz CT molecular complexity index is 1200. The van der Waals surface area contributed by atoms with E-state index in [4.69, 9.17) is 0 Å². The van der Waals surface area contributed by atoms with Crippen molar-refractivity contribution in [1.82, 2.24) is 0 Å². The van der Waals surface area contributed by atoms with Gasteiger partial charge in [0, 0.05) is 11.5 Å². The zero-order valence-corrected chi connectivity index (χ0v) is 14.7. The van der Waals surface area contributed by atoms with E-state index >= 15 is 0 Å². The highest BCUT2D eigenvalue weighted by molar-refractivity contribution is 7.85. The second kappa shape index (κ2) is 6.74. The summed E-state index contributed by atoms with van der Waals surface area (Å²) in [6.07, 6.45) is 0. The van der Waals surface area contributed by atoms with Gasteiger partial charge < -0.3 is 5.11 Å². The number of nitrogens with zero attached hydrogens (tertiary/aromatic N) is 3. The van der Waals surface area contributed by atoms with E-state index in [0.717, 1.165) is 6.07 Å². The van der Waals surface area contributed by atoms with E-state index in [1.54, 1.807) is 13.0 Å². The molecule has 138 valence electrons. The number of phenolic OH excluding ortho intramolecular Hbond substituents is 1. The van der Waals surface area contributed by atoms with Gasteiger partial charge >= 0.3 is 0 Å². The van der Waals surface area contributed by atoms with Crippen LogP contribution >= 0.6 is 0 Å². The van der Waals surface area contributed by atoms with Gasteiger partial charge in [0.15, 0.2) is 5.69 Å². The number of aromatic hydroxyl groups is 1. The molecule has 3 aromatic rings. The minimum Gasteiger partial charge on any atom is -0.506 e. The molecule has 3 rings (SSSR count). The molecule has 0 aromatic heterocycles. The number of fused-ring (bicyclic) bond motifs is 1. The Morgan fingerprint density at radius 1 is 1.04 bits per heavy atom. The van der Waals surface area contributed by atoms with Crippen LogP contribution in [0.15, 0.2) is 63.7 Å². The third kappa shape index (κ3) is 3.61. The third-order valence-electron chi connectivity index (χ3n) is 3.90. The van der Waals surface area contributed by atoms with Crippen LogP contribution in [0.4, 0.5) is 17.1 Å². The van der Waals surface area contributed by atoms with E-state index < -0.39 is 15.0 Å². The fourth-order valence-corrected chi connectivity index (χ4v) is 3.06. The van der Waals surface area contributed by atoms with Gasteiger partial charge in [-0.15, -0.1) is 10.2 Å². The summed E-state index contributed by atoms with van der Waals surface area (Å²) in [5, 5.41) is 29.9. The lowest BCUT2D eigenvalue weighted by Crippen LogP contribution is -1.97. The van der Waals surface area contributed by atoms with Gasteiger partial charge in [0.05, 0.1) is 9.82 Å². The number of hydrogen-bond donors (Lipinski definition) is 2. The van der Waals surface area contributed by atoms with Gasteiger partial charge in [-0.25, -0.2) is 0 Å². The first-order valence-corrected chi connectivity index (χ1v) is 9.01. The molecule has 0 atom stereocenters. The van der Waals surface area contributed by atoms with Crippen LogP contribution in [-0.2, 0) is 10.1 Å². The van der Waals surface area contributed by atoms with Crippen molar-refractivity contribution in [3.63, 3.8) is 0 Å². The maximum Gasteiger partial charge on any atom is 0.296 e. The number of rotatable bonds is 4. The SMILES string of the molecule is Cc1cccc([N+](=O)[O-])c1N=Nc1c(O)ccc2ccc(S(=O)(=O)O)cc12. The first-order chi connectivity index (χ1) is 12.7. The van der Waals surface area contributed by atoms with Crippen LogP contribution in [0.5, 0.6) is 5.75 Å². The molecule has 0 aliphatic heterocycles. The standard InChI is InChI=1S/C17H13N3O6S/c1-10-3-2-4-14(20(22)23)16(10)18-19-17-13-9-12(27(24,25)26)7-5-11(13)6-8-15(17)21/h2-9,21H,1H3,(H,24,25,26). The molecule has 0 saturated heterocycles. The number of hydrogen-bond acceptors (Lipinski definition) is 7. The van der Waals surface area contributed by atoms with Crippen LogP contribution < -0.4 is 0 Å². The number of nitro benzene ring substituents is 1. The minimum atomic E-state index is -4.46. The first-order valence-electron chi connectivity index (χ1n) is 7.57. The van der Waals surface area contributed by atoms with Gasteiger partial charge in [-0.2, -0.15) is 8.42 Å². The predicted molar refractivity (Wildman–Crippen MR) is 97.4 cm³/mol. The van der Waals surface area contributed by atoms with Crippen LogP contribution in [0.25, 0.3) is 10.8 Å². The first kappa shape index (κ1) is 18.4. The van der Waals surface area contributed by atoms with E-state index in [-0.39, 0.29) is 33.1 Å². The quantitative estimate of drug-likeness (QED) is 0.293. The summed E-state index contributed by atoms with van der Waals surface area (Å²) >= 11 is 0. The van der Waals surface area contributed by atoms with Crippen LogP contribution in [0.3, 0.4) is 0 Å². The van der Waals surface area contributed by atoms with E-state index in [2.05, 4.69) is 10.2 Å². The van der Waals surface area contributed by atoms with Gasteiger partial charge in [0.2, 0.25) is 0 Å². The van der Waals surface area contributed by atoms with Gasteiger partial charge in [0.1, 0.15) is 11.4 Å². The molecule has 3 aromatic carbocycles. The summed E-state index contributed by atoms with van der Waals surface area (Å²) < 4.78 is 32.0. The van der Waals surface area contributed by atoms with Crippen LogP contribution in [-0.4, -0.2) is 23.0 Å². The maximum atomic E-state index is 11.4. The lowest BCUT2D eigenvalue weighted by molar-refractivity contribution is -0.384. The number of benzene rings is 3. The third-order valence-corrected chi connectivity index (χ3v) is 4.75. The monoisotopic (exact) mass is 387 g/mol. The average Bonchev–Trinajstić information content (AvgIpc) is 2.60. The minimum absolute atomic E-state index is 0.0184. The molecule has 0 unspecified atom stereocenters. The fraction of sp³-hybridized carbons (Fsp3) is 0.0588. The molecule has 0 aliphatic rings. The zero-order valence-electron chi connectivity index (χ0n) is 13.9. The van der Waals surface area contributed by atoms with Gasteiger partial charge in [0.25, 0.3) is 15.8 Å². The highest BCUT2D eigenvalue weighted by atomic mass is 32.2. The zero-order chi connectivity index (χ0) is 19.8. The molecule has 0 saturated carbocycles. The molecular formula is C17H13N3O6S. The van der Waals surface area contributed by atoms with Gasteiger partial charge in [-0.1, -0.05) is 24.3 Å². The van der Waals surface area contributed by atoms with Gasteiger partial charge in [-0.3, -0.25) is 14.7 Å². The van der Waals surface area contributed by atoms with Crippen LogP contribution in [0.2, 0.25) is 0 Å². The number of aryl methyl sites for hydroxylation is 1. The molecule has 10 heteroatoms. The largest absolute Gasteiger partial charge is 0.506 e. The molecule has 0 aliphatic carbocycles. The smallest absolute Gasteiger partial charge is 0.296 e. The molecular weight excluding hydrogens is 374 g/mol. The summed E-state index contributed by atoms with van der Waals surface area (Å²) in [5.41, 5.74) is 0.198. The molecule has 0 bridgehead atoms. The Kier molecular flexibility index (Phi) is 4.60. The summed E-state index contributed by atoms with van der Waals surface area (Å²) in [7, 11) is -4.46. The van der Waals surface area contributed by atoms with Crippen molar-refractivity contribution in [2.24, 2.45) is 10.2 Å². The van der Waals surface area contributed by atoms with E-state index in [1.807, 2.05) is 0 Å². The fourth-order valence-electron chi connectivity index (χ4n) is 2.56. The normalized spacial score (nSPS) is 11.9. The van der Waals surface area contributed by atoms with Gasteiger partial charge in [-0.05, 0) is 36.1 Å². The van der Waals surface area contributed by atoms with Crippen molar-refractivity contribution in [2.45, 2.75) is 11.8 Å². The Labute approximate surface area is 153 Å². The number of azo groups is 1. The summed E-state index contributed by atoms with van der Waals surface area (Å²) in [6, 6.07) is 11.1. The summed E-state index contributed by atoms with van der Waals surface area (Å²) in [5.74, 6) is -0.296. The number of phenols is 1. The Morgan fingerprint density at radius 2 is 1.70 bits per heavy atom. The molecule has 0 spiro atoms. The van der Waals surface area contributed by atoms with Crippen molar-refractivity contribution in [3.05, 3.63) is 64.2 Å².